The Labute approximate surface area is 72.6 Å². The van der Waals surface area contributed by atoms with Gasteiger partial charge in [0, 0.05) is 6.42 Å². The Morgan fingerprint density at radius 3 is 2.92 bits per heavy atom. The first kappa shape index (κ1) is 7.84. The fourth-order valence-electron chi connectivity index (χ4n) is 1.96. The van der Waals surface area contributed by atoms with E-state index in [2.05, 4.69) is 6.08 Å². The first-order chi connectivity index (χ1) is 5.86. The molecule has 2 heteroatoms. The van der Waals surface area contributed by atoms with Crippen molar-refractivity contribution < 1.29 is 9.53 Å². The third kappa shape index (κ3) is 1.52. The summed E-state index contributed by atoms with van der Waals surface area (Å²) < 4.78 is 5.26. The molecule has 2 rings (SSSR count). The third-order valence-corrected chi connectivity index (χ3v) is 2.61. The lowest BCUT2D eigenvalue weighted by atomic mass is 10.0. The zero-order valence-corrected chi connectivity index (χ0v) is 7.21. The van der Waals surface area contributed by atoms with Gasteiger partial charge in [-0.25, -0.2) is 0 Å². The fourth-order valence-corrected chi connectivity index (χ4v) is 1.96. The summed E-state index contributed by atoms with van der Waals surface area (Å²) in [6, 6.07) is 0. The van der Waals surface area contributed by atoms with Gasteiger partial charge in [-0.3, -0.25) is 4.79 Å². The lowest BCUT2D eigenvalue weighted by Gasteiger charge is -2.23. The minimum atomic E-state index is -0.0148. The Hall–Kier alpha value is -0.790. The van der Waals surface area contributed by atoms with Crippen molar-refractivity contribution in [3.05, 3.63) is 11.6 Å². The van der Waals surface area contributed by atoms with Crippen LogP contribution in [-0.4, -0.2) is 12.1 Å². The molecule has 0 aromatic rings. The van der Waals surface area contributed by atoms with Crippen LogP contribution in [0.15, 0.2) is 11.6 Å². The van der Waals surface area contributed by atoms with E-state index in [0.717, 1.165) is 19.3 Å². The van der Waals surface area contributed by atoms with E-state index < -0.39 is 0 Å². The first-order valence-corrected chi connectivity index (χ1v) is 4.74. The van der Waals surface area contributed by atoms with Crippen LogP contribution in [-0.2, 0) is 9.53 Å². The Morgan fingerprint density at radius 2 is 2.25 bits per heavy atom. The predicted octanol–water partition coefficient (Wildman–Crippen LogP) is 2.19. The van der Waals surface area contributed by atoms with Crippen molar-refractivity contribution in [2.75, 3.05) is 0 Å². The number of ether oxygens (including phenoxy) is 1. The molecule has 0 aromatic heterocycles. The molecule has 1 unspecified atom stereocenters. The zero-order valence-electron chi connectivity index (χ0n) is 7.21. The normalized spacial score (nSPS) is 29.8. The summed E-state index contributed by atoms with van der Waals surface area (Å²) in [4.78, 5) is 11.0. The van der Waals surface area contributed by atoms with Crippen molar-refractivity contribution in [1.82, 2.24) is 0 Å². The Balaban J connectivity index is 1.98. The van der Waals surface area contributed by atoms with Gasteiger partial charge in [-0.1, -0.05) is 6.08 Å². The first-order valence-electron chi connectivity index (χ1n) is 4.74. The fraction of sp³-hybridized carbons (Fsp3) is 0.700. The van der Waals surface area contributed by atoms with Crippen LogP contribution in [0.1, 0.15) is 38.5 Å². The van der Waals surface area contributed by atoms with Crippen molar-refractivity contribution in [3.63, 3.8) is 0 Å². The number of carbonyl (C=O) groups excluding carboxylic acids is 1. The summed E-state index contributed by atoms with van der Waals surface area (Å²) in [6.07, 6.45) is 8.57. The molecule has 2 nitrogen and oxygen atoms in total. The van der Waals surface area contributed by atoms with E-state index in [4.69, 9.17) is 4.74 Å². The maximum absolute atomic E-state index is 11.0. The number of carbonyl (C=O) groups is 1. The van der Waals surface area contributed by atoms with Crippen LogP contribution in [0.3, 0.4) is 0 Å². The lowest BCUT2D eigenvalue weighted by molar-refractivity contribution is -0.151. The molecular weight excluding hydrogens is 152 g/mol. The van der Waals surface area contributed by atoms with Crippen LogP contribution < -0.4 is 0 Å². The molecule has 0 bridgehead atoms. The minimum absolute atomic E-state index is 0.0148. The average molecular weight is 166 g/mol. The Morgan fingerprint density at radius 1 is 1.33 bits per heavy atom. The molecule has 1 atom stereocenters. The molecule has 0 radical (unpaired) electrons. The van der Waals surface area contributed by atoms with Gasteiger partial charge >= 0.3 is 5.97 Å². The molecule has 0 saturated carbocycles. The SMILES string of the molecule is O=C1CCCC(C2=CCCC2)O1. The van der Waals surface area contributed by atoms with E-state index in [1.54, 1.807) is 0 Å². The van der Waals surface area contributed by atoms with Gasteiger partial charge in [0.2, 0.25) is 0 Å². The van der Waals surface area contributed by atoms with Crippen LogP contribution >= 0.6 is 0 Å². The van der Waals surface area contributed by atoms with Gasteiger partial charge in [0.1, 0.15) is 6.10 Å². The van der Waals surface area contributed by atoms with Crippen molar-refractivity contribution in [1.29, 1.82) is 0 Å². The number of rotatable bonds is 1. The maximum atomic E-state index is 11.0. The monoisotopic (exact) mass is 166 g/mol. The highest BCUT2D eigenvalue weighted by atomic mass is 16.5. The van der Waals surface area contributed by atoms with E-state index in [-0.39, 0.29) is 12.1 Å². The molecule has 66 valence electrons. The van der Waals surface area contributed by atoms with E-state index in [1.807, 2.05) is 0 Å². The van der Waals surface area contributed by atoms with Gasteiger partial charge in [-0.05, 0) is 37.7 Å². The Kier molecular flexibility index (Phi) is 2.15. The largest absolute Gasteiger partial charge is 0.458 e. The topological polar surface area (TPSA) is 26.3 Å². The van der Waals surface area contributed by atoms with Gasteiger partial charge < -0.3 is 4.74 Å². The third-order valence-electron chi connectivity index (χ3n) is 2.61. The molecule has 1 aliphatic carbocycles. The highest BCUT2D eigenvalue weighted by Crippen LogP contribution is 2.28. The second kappa shape index (κ2) is 3.30. The molecule has 12 heavy (non-hydrogen) atoms. The molecule has 1 saturated heterocycles. The van der Waals surface area contributed by atoms with Crippen LogP contribution in [0.25, 0.3) is 0 Å². The maximum Gasteiger partial charge on any atom is 0.306 e. The number of hydrogen-bond acceptors (Lipinski definition) is 2. The molecule has 0 N–H and O–H groups in total. The summed E-state index contributed by atoms with van der Waals surface area (Å²) in [7, 11) is 0. The van der Waals surface area contributed by atoms with E-state index >= 15 is 0 Å². The molecular formula is C10H14O2. The van der Waals surface area contributed by atoms with Gasteiger partial charge in [0.25, 0.3) is 0 Å². The van der Waals surface area contributed by atoms with Crippen molar-refractivity contribution in [2.45, 2.75) is 44.6 Å². The van der Waals surface area contributed by atoms with Gasteiger partial charge in [-0.15, -0.1) is 0 Å². The van der Waals surface area contributed by atoms with Crippen molar-refractivity contribution in [2.24, 2.45) is 0 Å². The second-order valence-corrected chi connectivity index (χ2v) is 3.54. The molecule has 2 aliphatic rings. The van der Waals surface area contributed by atoms with Gasteiger partial charge in [0.05, 0.1) is 0 Å². The minimum Gasteiger partial charge on any atom is -0.458 e. The molecule has 1 heterocycles. The highest BCUT2D eigenvalue weighted by molar-refractivity contribution is 5.70. The summed E-state index contributed by atoms with van der Waals surface area (Å²) >= 11 is 0. The number of cyclic esters (lactones) is 1. The second-order valence-electron chi connectivity index (χ2n) is 3.54. The summed E-state index contributed by atoms with van der Waals surface area (Å²) in [5.74, 6) is -0.0148. The molecule has 1 aliphatic heterocycles. The summed E-state index contributed by atoms with van der Waals surface area (Å²) in [6.45, 7) is 0. The van der Waals surface area contributed by atoms with E-state index in [9.17, 15) is 4.79 Å². The van der Waals surface area contributed by atoms with Gasteiger partial charge in [-0.2, -0.15) is 0 Å². The molecule has 0 spiro atoms. The van der Waals surface area contributed by atoms with Gasteiger partial charge in [0.15, 0.2) is 0 Å². The Bertz CT molecular complexity index is 218. The van der Waals surface area contributed by atoms with Crippen molar-refractivity contribution in [3.8, 4) is 0 Å². The van der Waals surface area contributed by atoms with Crippen LogP contribution in [0.5, 0.6) is 0 Å². The predicted molar refractivity (Wildman–Crippen MR) is 45.7 cm³/mol. The molecule has 0 amide bonds. The standard InChI is InChI=1S/C10H14O2/c11-10-7-3-6-9(12-10)8-4-1-2-5-8/h4,9H,1-3,5-7H2. The number of allylic oxidation sites excluding steroid dienone is 1. The quantitative estimate of drug-likeness (QED) is 0.441. The van der Waals surface area contributed by atoms with Crippen molar-refractivity contribution >= 4 is 5.97 Å². The highest BCUT2D eigenvalue weighted by Gasteiger charge is 2.24. The van der Waals surface area contributed by atoms with Crippen LogP contribution in [0, 0.1) is 0 Å². The summed E-state index contributed by atoms with van der Waals surface area (Å²) in [5.41, 5.74) is 1.36. The zero-order chi connectivity index (χ0) is 8.39. The van der Waals surface area contributed by atoms with Crippen LogP contribution in [0.4, 0.5) is 0 Å². The molecule has 1 fully saturated rings. The lowest BCUT2D eigenvalue weighted by Crippen LogP contribution is -2.24. The summed E-state index contributed by atoms with van der Waals surface area (Å²) in [5, 5.41) is 0. The van der Waals surface area contributed by atoms with E-state index in [1.165, 1.54) is 18.4 Å². The molecule has 0 aromatic carbocycles. The van der Waals surface area contributed by atoms with Crippen LogP contribution in [0.2, 0.25) is 0 Å². The average Bonchev–Trinajstić information content (AvgIpc) is 2.56. The number of esters is 1. The smallest absolute Gasteiger partial charge is 0.306 e. The number of hydrogen-bond donors (Lipinski definition) is 0. The van der Waals surface area contributed by atoms with E-state index in [0.29, 0.717) is 6.42 Å².